The Kier molecular flexibility index (Phi) is 6.13. The second kappa shape index (κ2) is 8.50. The normalized spacial score (nSPS) is 11.1. The Hall–Kier alpha value is -3.33. The van der Waals surface area contributed by atoms with Crippen molar-refractivity contribution in [1.29, 1.82) is 5.26 Å². The maximum atomic E-state index is 12.5. The summed E-state index contributed by atoms with van der Waals surface area (Å²) in [5.74, 6) is -0.137. The predicted molar refractivity (Wildman–Crippen MR) is 91.0 cm³/mol. The molecule has 2 rings (SSSR count). The molecule has 2 aromatic carbocycles. The predicted octanol–water partition coefficient (Wildman–Crippen LogP) is 2.60. The number of benzene rings is 2. The molecule has 1 atom stereocenters. The van der Waals surface area contributed by atoms with Gasteiger partial charge in [-0.25, -0.2) is 0 Å². The van der Waals surface area contributed by atoms with Crippen LogP contribution in [0.3, 0.4) is 0 Å². The number of hydrogen-bond donors (Lipinski definition) is 1. The SMILES string of the molecule is COC(=O)CC(NC(=O)c1cccc(C#N)c1)c1ccc(OC)cc1. The van der Waals surface area contributed by atoms with Crippen LogP contribution in [-0.2, 0) is 9.53 Å². The standard InChI is InChI=1S/C19H18N2O4/c1-24-16-8-6-14(7-9-16)17(11-18(22)25-2)21-19(23)15-5-3-4-13(10-15)12-20/h3-10,17H,11H2,1-2H3,(H,21,23). The molecule has 6 nitrogen and oxygen atoms in total. The Bertz CT molecular complexity index is 794. The van der Waals surface area contributed by atoms with E-state index < -0.39 is 12.0 Å². The fourth-order valence-corrected chi connectivity index (χ4v) is 2.31. The number of ether oxygens (including phenoxy) is 2. The van der Waals surface area contributed by atoms with Crippen molar-refractivity contribution < 1.29 is 19.1 Å². The number of nitriles is 1. The maximum Gasteiger partial charge on any atom is 0.307 e. The minimum absolute atomic E-state index is 0.00743. The third-order valence-corrected chi connectivity index (χ3v) is 3.68. The van der Waals surface area contributed by atoms with E-state index in [9.17, 15) is 9.59 Å². The smallest absolute Gasteiger partial charge is 0.307 e. The Morgan fingerprint density at radius 2 is 1.88 bits per heavy atom. The van der Waals surface area contributed by atoms with Crippen molar-refractivity contribution in [3.63, 3.8) is 0 Å². The zero-order valence-electron chi connectivity index (χ0n) is 14.0. The fourth-order valence-electron chi connectivity index (χ4n) is 2.31. The van der Waals surface area contributed by atoms with Gasteiger partial charge in [0.25, 0.3) is 5.91 Å². The summed E-state index contributed by atoms with van der Waals surface area (Å²) in [6.45, 7) is 0. The van der Waals surface area contributed by atoms with Crippen LogP contribution >= 0.6 is 0 Å². The zero-order chi connectivity index (χ0) is 18.2. The van der Waals surface area contributed by atoms with Crippen molar-refractivity contribution in [2.45, 2.75) is 12.5 Å². The third-order valence-electron chi connectivity index (χ3n) is 3.68. The van der Waals surface area contributed by atoms with E-state index in [0.717, 1.165) is 5.56 Å². The highest BCUT2D eigenvalue weighted by Crippen LogP contribution is 2.21. The van der Waals surface area contributed by atoms with Gasteiger partial charge in [-0.2, -0.15) is 5.26 Å². The lowest BCUT2D eigenvalue weighted by Gasteiger charge is -2.18. The first-order valence-electron chi connectivity index (χ1n) is 7.59. The molecule has 0 aliphatic rings. The minimum Gasteiger partial charge on any atom is -0.497 e. The van der Waals surface area contributed by atoms with Crippen LogP contribution in [0, 0.1) is 11.3 Å². The molecular weight excluding hydrogens is 320 g/mol. The monoisotopic (exact) mass is 338 g/mol. The van der Waals surface area contributed by atoms with Crippen LogP contribution in [0.2, 0.25) is 0 Å². The molecule has 25 heavy (non-hydrogen) atoms. The highest BCUT2D eigenvalue weighted by atomic mass is 16.5. The van der Waals surface area contributed by atoms with Gasteiger partial charge in [-0.3, -0.25) is 9.59 Å². The summed E-state index contributed by atoms with van der Waals surface area (Å²) in [4.78, 5) is 24.2. The van der Waals surface area contributed by atoms with Gasteiger partial charge in [0.2, 0.25) is 0 Å². The van der Waals surface area contributed by atoms with Crippen LogP contribution < -0.4 is 10.1 Å². The fraction of sp³-hybridized carbons (Fsp3) is 0.211. The molecule has 0 saturated carbocycles. The number of amides is 1. The molecule has 0 aliphatic carbocycles. The van der Waals surface area contributed by atoms with Gasteiger partial charge < -0.3 is 14.8 Å². The average molecular weight is 338 g/mol. The first kappa shape index (κ1) is 18.0. The number of carbonyl (C=O) groups excluding carboxylic acids is 2. The van der Waals surface area contributed by atoms with E-state index in [4.69, 9.17) is 14.7 Å². The molecule has 0 aliphatic heterocycles. The topological polar surface area (TPSA) is 88.4 Å². The number of nitrogens with one attached hydrogen (secondary N) is 1. The lowest BCUT2D eigenvalue weighted by Crippen LogP contribution is -2.30. The van der Waals surface area contributed by atoms with E-state index in [1.165, 1.54) is 13.2 Å². The van der Waals surface area contributed by atoms with Gasteiger partial charge in [-0.1, -0.05) is 18.2 Å². The van der Waals surface area contributed by atoms with Gasteiger partial charge in [-0.05, 0) is 35.9 Å². The van der Waals surface area contributed by atoms with Gasteiger partial charge in [0, 0.05) is 5.56 Å². The van der Waals surface area contributed by atoms with Crippen molar-refractivity contribution in [2.24, 2.45) is 0 Å². The largest absolute Gasteiger partial charge is 0.497 e. The Morgan fingerprint density at radius 3 is 2.48 bits per heavy atom. The first-order chi connectivity index (χ1) is 12.1. The number of methoxy groups -OCH3 is 2. The maximum absolute atomic E-state index is 12.5. The molecule has 2 aromatic rings. The number of carbonyl (C=O) groups is 2. The minimum atomic E-state index is -0.559. The molecule has 6 heteroatoms. The molecule has 0 fully saturated rings. The van der Waals surface area contributed by atoms with Gasteiger partial charge in [0.15, 0.2) is 0 Å². The Labute approximate surface area is 146 Å². The Morgan fingerprint density at radius 1 is 1.16 bits per heavy atom. The lowest BCUT2D eigenvalue weighted by atomic mass is 10.0. The van der Waals surface area contributed by atoms with Crippen LogP contribution in [0.1, 0.15) is 33.9 Å². The highest BCUT2D eigenvalue weighted by molar-refractivity contribution is 5.95. The average Bonchev–Trinajstić information content (AvgIpc) is 2.67. The summed E-state index contributed by atoms with van der Waals surface area (Å²) in [6, 6.07) is 14.9. The summed E-state index contributed by atoms with van der Waals surface area (Å²) in [7, 11) is 2.86. The van der Waals surface area contributed by atoms with Crippen molar-refractivity contribution in [3.8, 4) is 11.8 Å². The molecule has 128 valence electrons. The van der Waals surface area contributed by atoms with E-state index in [0.29, 0.717) is 16.9 Å². The van der Waals surface area contributed by atoms with Gasteiger partial charge in [-0.15, -0.1) is 0 Å². The van der Waals surface area contributed by atoms with E-state index in [1.54, 1.807) is 49.6 Å². The summed E-state index contributed by atoms with van der Waals surface area (Å²) < 4.78 is 9.83. The molecule has 1 unspecified atom stereocenters. The van der Waals surface area contributed by atoms with E-state index in [2.05, 4.69) is 5.32 Å². The second-order valence-electron chi connectivity index (χ2n) is 5.27. The van der Waals surface area contributed by atoms with Gasteiger partial charge >= 0.3 is 5.97 Å². The summed E-state index contributed by atoms with van der Waals surface area (Å²) in [5.41, 5.74) is 1.49. The number of rotatable bonds is 6. The molecule has 1 N–H and O–H groups in total. The second-order valence-corrected chi connectivity index (χ2v) is 5.27. The molecule has 0 heterocycles. The van der Waals surface area contributed by atoms with Crippen molar-refractivity contribution >= 4 is 11.9 Å². The molecule has 1 amide bonds. The molecular formula is C19H18N2O4. The summed E-state index contributed by atoms with van der Waals surface area (Å²) in [5, 5.41) is 11.8. The van der Waals surface area contributed by atoms with Gasteiger partial charge in [0.05, 0.1) is 38.3 Å². The van der Waals surface area contributed by atoms with Crippen molar-refractivity contribution in [1.82, 2.24) is 5.32 Å². The summed E-state index contributed by atoms with van der Waals surface area (Å²) >= 11 is 0. The van der Waals surface area contributed by atoms with Crippen LogP contribution in [0.25, 0.3) is 0 Å². The molecule has 0 bridgehead atoms. The van der Waals surface area contributed by atoms with Crippen LogP contribution in [0.4, 0.5) is 0 Å². The highest BCUT2D eigenvalue weighted by Gasteiger charge is 2.20. The number of hydrogen-bond acceptors (Lipinski definition) is 5. The van der Waals surface area contributed by atoms with E-state index >= 15 is 0 Å². The third kappa shape index (κ3) is 4.82. The van der Waals surface area contributed by atoms with Crippen LogP contribution in [0.5, 0.6) is 5.75 Å². The lowest BCUT2D eigenvalue weighted by molar-refractivity contribution is -0.141. The first-order valence-corrected chi connectivity index (χ1v) is 7.59. The number of nitrogens with zero attached hydrogens (tertiary/aromatic N) is 1. The quantitative estimate of drug-likeness (QED) is 0.818. The summed E-state index contributed by atoms with van der Waals surface area (Å²) in [6.07, 6.45) is -0.00743. The van der Waals surface area contributed by atoms with Crippen LogP contribution in [-0.4, -0.2) is 26.1 Å². The van der Waals surface area contributed by atoms with Crippen molar-refractivity contribution in [2.75, 3.05) is 14.2 Å². The van der Waals surface area contributed by atoms with Crippen LogP contribution in [0.15, 0.2) is 48.5 Å². The number of esters is 1. The molecule has 0 spiro atoms. The van der Waals surface area contributed by atoms with Crippen molar-refractivity contribution in [3.05, 3.63) is 65.2 Å². The zero-order valence-corrected chi connectivity index (χ0v) is 14.0. The molecule has 0 saturated heterocycles. The van der Waals surface area contributed by atoms with E-state index in [1.807, 2.05) is 6.07 Å². The van der Waals surface area contributed by atoms with E-state index in [-0.39, 0.29) is 12.3 Å². The molecule has 0 aromatic heterocycles. The van der Waals surface area contributed by atoms with Gasteiger partial charge in [0.1, 0.15) is 5.75 Å². The molecule has 0 radical (unpaired) electrons. The Balaban J connectivity index is 2.23.